The van der Waals surface area contributed by atoms with Gasteiger partial charge in [-0.15, -0.1) is 0 Å². The number of aromatic nitrogens is 2. The monoisotopic (exact) mass is 289 g/mol. The van der Waals surface area contributed by atoms with Gasteiger partial charge in [-0.3, -0.25) is 9.36 Å². The van der Waals surface area contributed by atoms with E-state index < -0.39 is 15.4 Å². The lowest BCUT2D eigenvalue weighted by Gasteiger charge is -2.09. The fourth-order valence-electron chi connectivity index (χ4n) is 1.82. The molecule has 0 unspecified atom stereocenters. The molecule has 1 heterocycles. The van der Waals surface area contributed by atoms with E-state index in [1.54, 1.807) is 36.4 Å². The third-order valence-electron chi connectivity index (χ3n) is 2.74. The van der Waals surface area contributed by atoms with Crippen molar-refractivity contribution in [1.82, 2.24) is 9.55 Å². The van der Waals surface area contributed by atoms with Crippen molar-refractivity contribution in [1.29, 1.82) is 5.26 Å². The Kier molecular flexibility index (Phi) is 3.42. The van der Waals surface area contributed by atoms with Crippen molar-refractivity contribution in [2.24, 2.45) is 7.05 Å². The van der Waals surface area contributed by atoms with Crippen molar-refractivity contribution in [3.8, 4) is 17.3 Å². The summed E-state index contributed by atoms with van der Waals surface area (Å²) in [5, 5.41) is 8.77. The average molecular weight is 289 g/mol. The second kappa shape index (κ2) is 4.90. The van der Waals surface area contributed by atoms with E-state index in [-0.39, 0.29) is 16.4 Å². The molecule has 0 saturated carbocycles. The van der Waals surface area contributed by atoms with E-state index in [0.717, 1.165) is 10.8 Å². The third-order valence-corrected chi connectivity index (χ3v) is 3.77. The van der Waals surface area contributed by atoms with E-state index in [0.29, 0.717) is 5.56 Å². The maximum atomic E-state index is 12.1. The topological polar surface area (TPSA) is 92.8 Å². The summed E-state index contributed by atoms with van der Waals surface area (Å²) in [4.78, 5) is 16.1. The molecule has 0 aliphatic rings. The number of benzene rings is 1. The van der Waals surface area contributed by atoms with Gasteiger partial charge in [0.05, 0.1) is 5.69 Å². The number of hydrogen-bond acceptors (Lipinski definition) is 5. The van der Waals surface area contributed by atoms with Gasteiger partial charge in [0.25, 0.3) is 5.56 Å². The summed E-state index contributed by atoms with van der Waals surface area (Å²) in [7, 11) is -2.39. The molecule has 0 aliphatic carbocycles. The normalized spacial score (nSPS) is 11.1. The van der Waals surface area contributed by atoms with Gasteiger partial charge < -0.3 is 0 Å². The molecule has 0 bridgehead atoms. The van der Waals surface area contributed by atoms with Gasteiger partial charge in [0.2, 0.25) is 15.0 Å². The fourth-order valence-corrected chi connectivity index (χ4v) is 2.66. The van der Waals surface area contributed by atoms with Gasteiger partial charge in [0.1, 0.15) is 11.6 Å². The van der Waals surface area contributed by atoms with Gasteiger partial charge in [-0.25, -0.2) is 13.4 Å². The number of rotatable bonds is 2. The van der Waals surface area contributed by atoms with Crippen LogP contribution in [0.15, 0.2) is 40.3 Å². The van der Waals surface area contributed by atoms with Crippen LogP contribution in [0.1, 0.15) is 5.56 Å². The summed E-state index contributed by atoms with van der Waals surface area (Å²) >= 11 is 0. The van der Waals surface area contributed by atoms with Crippen molar-refractivity contribution in [2.75, 3.05) is 6.26 Å². The summed E-state index contributed by atoms with van der Waals surface area (Å²) in [6.45, 7) is 0. The summed E-state index contributed by atoms with van der Waals surface area (Å²) in [5.41, 5.74) is -0.254. The minimum atomic E-state index is -3.67. The molecule has 20 heavy (non-hydrogen) atoms. The highest BCUT2D eigenvalue weighted by Gasteiger charge is 2.21. The quantitative estimate of drug-likeness (QED) is 0.759. The molecule has 0 radical (unpaired) electrons. The molecule has 7 heteroatoms. The van der Waals surface area contributed by atoms with E-state index in [1.807, 2.05) is 0 Å². The molecule has 0 saturated heterocycles. The predicted octanol–water partition coefficient (Wildman–Crippen LogP) is 0.722. The number of nitriles is 1. The van der Waals surface area contributed by atoms with Crippen LogP contribution in [0.4, 0.5) is 0 Å². The number of hydrogen-bond donors (Lipinski definition) is 0. The zero-order valence-electron chi connectivity index (χ0n) is 10.9. The molecule has 6 nitrogen and oxygen atoms in total. The maximum Gasteiger partial charge on any atom is 0.272 e. The maximum absolute atomic E-state index is 12.1. The summed E-state index contributed by atoms with van der Waals surface area (Å²) in [5.74, 6) is 0. The lowest BCUT2D eigenvalue weighted by molar-refractivity contribution is 0.575. The largest absolute Gasteiger partial charge is 0.285 e. The average Bonchev–Trinajstić information content (AvgIpc) is 2.41. The van der Waals surface area contributed by atoms with Crippen LogP contribution in [0.2, 0.25) is 0 Å². The minimum Gasteiger partial charge on any atom is -0.285 e. The Morgan fingerprint density at radius 3 is 2.35 bits per heavy atom. The van der Waals surface area contributed by atoms with Crippen LogP contribution < -0.4 is 5.56 Å². The molecule has 0 amide bonds. The zero-order valence-corrected chi connectivity index (χ0v) is 11.7. The summed E-state index contributed by atoms with van der Waals surface area (Å²) < 4.78 is 24.2. The Bertz CT molecular complexity index is 862. The van der Waals surface area contributed by atoms with Gasteiger partial charge in [-0.05, 0) is 0 Å². The smallest absolute Gasteiger partial charge is 0.272 e. The van der Waals surface area contributed by atoms with E-state index in [2.05, 4.69) is 4.98 Å². The van der Waals surface area contributed by atoms with Crippen molar-refractivity contribution in [3.05, 3.63) is 46.2 Å². The zero-order chi connectivity index (χ0) is 14.9. The van der Waals surface area contributed by atoms with Crippen molar-refractivity contribution in [3.63, 3.8) is 0 Å². The van der Waals surface area contributed by atoms with Crippen LogP contribution >= 0.6 is 0 Å². The van der Waals surface area contributed by atoms with E-state index in [1.165, 1.54) is 7.05 Å². The lowest BCUT2D eigenvalue weighted by atomic mass is 10.1. The summed E-state index contributed by atoms with van der Waals surface area (Å²) in [6, 6.07) is 10.3. The molecule has 0 fully saturated rings. The Labute approximate surface area is 115 Å². The van der Waals surface area contributed by atoms with E-state index in [9.17, 15) is 13.2 Å². The van der Waals surface area contributed by atoms with Gasteiger partial charge in [-0.2, -0.15) is 5.26 Å². The van der Waals surface area contributed by atoms with Crippen molar-refractivity contribution >= 4 is 9.84 Å². The Balaban J connectivity index is 2.93. The van der Waals surface area contributed by atoms with Crippen LogP contribution in [0.5, 0.6) is 0 Å². The first-order valence-electron chi connectivity index (χ1n) is 5.63. The molecule has 0 aliphatic heterocycles. The van der Waals surface area contributed by atoms with Crippen molar-refractivity contribution in [2.45, 2.75) is 5.16 Å². The van der Waals surface area contributed by atoms with Gasteiger partial charge in [0.15, 0.2) is 0 Å². The molecule has 1 aromatic heterocycles. The molecule has 2 aromatic rings. The Morgan fingerprint density at radius 2 is 1.85 bits per heavy atom. The first kappa shape index (κ1) is 14.0. The molecule has 1 aromatic carbocycles. The van der Waals surface area contributed by atoms with Crippen LogP contribution in [0.25, 0.3) is 11.3 Å². The Hall–Kier alpha value is -2.46. The predicted molar refractivity (Wildman–Crippen MR) is 72.7 cm³/mol. The molecular weight excluding hydrogens is 278 g/mol. The lowest BCUT2D eigenvalue weighted by Crippen LogP contribution is -2.27. The Morgan fingerprint density at radius 1 is 1.25 bits per heavy atom. The molecule has 102 valence electrons. The number of nitrogens with zero attached hydrogens (tertiary/aromatic N) is 3. The molecule has 0 spiro atoms. The second-order valence-corrected chi connectivity index (χ2v) is 6.14. The molecule has 2 rings (SSSR count). The second-order valence-electron chi connectivity index (χ2n) is 4.23. The first-order chi connectivity index (χ1) is 9.36. The third kappa shape index (κ3) is 2.33. The van der Waals surface area contributed by atoms with Gasteiger partial charge in [0, 0.05) is 18.9 Å². The molecule has 0 N–H and O–H groups in total. The van der Waals surface area contributed by atoms with E-state index >= 15 is 0 Å². The van der Waals surface area contributed by atoms with Crippen LogP contribution in [0.3, 0.4) is 0 Å². The standard InChI is InChI=1S/C13H11N3O3S/c1-16-12(17)10(8-14)11(9-6-4-3-5-7-9)15-13(16)20(2,18)19/h3-7H,1-2H3. The van der Waals surface area contributed by atoms with E-state index in [4.69, 9.17) is 5.26 Å². The van der Waals surface area contributed by atoms with Gasteiger partial charge in [-0.1, -0.05) is 30.3 Å². The number of sulfone groups is 1. The highest BCUT2D eigenvalue weighted by molar-refractivity contribution is 7.90. The van der Waals surface area contributed by atoms with Crippen LogP contribution in [-0.2, 0) is 16.9 Å². The van der Waals surface area contributed by atoms with Crippen molar-refractivity contribution < 1.29 is 8.42 Å². The summed E-state index contributed by atoms with van der Waals surface area (Å²) in [6.07, 6.45) is 0.968. The molecule has 0 atom stereocenters. The van der Waals surface area contributed by atoms with Crippen LogP contribution in [0, 0.1) is 11.3 Å². The fraction of sp³-hybridized carbons (Fsp3) is 0.154. The van der Waals surface area contributed by atoms with Gasteiger partial charge >= 0.3 is 0 Å². The minimum absolute atomic E-state index is 0.0802. The first-order valence-corrected chi connectivity index (χ1v) is 7.52. The van der Waals surface area contributed by atoms with Crippen LogP contribution in [-0.4, -0.2) is 24.2 Å². The molecular formula is C13H11N3O3S. The highest BCUT2D eigenvalue weighted by Crippen LogP contribution is 2.20. The highest BCUT2D eigenvalue weighted by atomic mass is 32.2. The SMILES string of the molecule is Cn1c(S(C)(=O)=O)nc(-c2ccccc2)c(C#N)c1=O.